The van der Waals surface area contributed by atoms with Gasteiger partial charge in [-0.15, -0.1) is 0 Å². The van der Waals surface area contributed by atoms with Crippen LogP contribution in [-0.4, -0.2) is 18.2 Å². The zero-order valence-electron chi connectivity index (χ0n) is 16.4. The van der Waals surface area contributed by atoms with Gasteiger partial charge in [-0.05, 0) is 42.4 Å². The van der Waals surface area contributed by atoms with Crippen molar-refractivity contribution in [2.45, 2.75) is 25.2 Å². The number of carbonyl (C=O) groups excluding carboxylic acids is 2. The molecule has 2 unspecified atom stereocenters. The third-order valence-corrected chi connectivity index (χ3v) is 5.86. The Hall–Kier alpha value is -3.20. The first-order chi connectivity index (χ1) is 14.2. The summed E-state index contributed by atoms with van der Waals surface area (Å²) in [5, 5.41) is 3.10. The molecule has 1 aliphatic rings. The number of nitrogens with one attached hydrogen (secondary N) is 1. The fourth-order valence-corrected chi connectivity index (χ4v) is 4.28. The van der Waals surface area contributed by atoms with Crippen LogP contribution in [0.3, 0.4) is 0 Å². The minimum Gasteiger partial charge on any atom is -0.352 e. The molecule has 2 atom stereocenters. The van der Waals surface area contributed by atoms with Gasteiger partial charge in [0.15, 0.2) is 5.78 Å². The topological polar surface area (TPSA) is 46.2 Å². The van der Waals surface area contributed by atoms with Crippen molar-refractivity contribution < 1.29 is 9.59 Å². The molecule has 0 aliphatic heterocycles. The van der Waals surface area contributed by atoms with Crippen molar-refractivity contribution in [2.24, 2.45) is 5.92 Å². The van der Waals surface area contributed by atoms with Crippen LogP contribution < -0.4 is 5.32 Å². The van der Waals surface area contributed by atoms with Crippen LogP contribution in [0.1, 0.15) is 57.0 Å². The number of rotatable bonds is 6. The highest BCUT2D eigenvalue weighted by atomic mass is 16.1. The summed E-state index contributed by atoms with van der Waals surface area (Å²) in [5.41, 5.74) is 3.20. The van der Waals surface area contributed by atoms with E-state index in [4.69, 9.17) is 0 Å². The molecule has 0 aromatic heterocycles. The average molecular weight is 383 g/mol. The van der Waals surface area contributed by atoms with Gasteiger partial charge in [0, 0.05) is 23.2 Å². The van der Waals surface area contributed by atoms with Crippen molar-refractivity contribution in [3.63, 3.8) is 0 Å². The summed E-state index contributed by atoms with van der Waals surface area (Å²) in [4.78, 5) is 25.1. The molecule has 1 amide bonds. The lowest BCUT2D eigenvalue weighted by Gasteiger charge is -2.20. The summed E-state index contributed by atoms with van der Waals surface area (Å²) >= 11 is 0. The largest absolute Gasteiger partial charge is 0.352 e. The molecule has 0 saturated heterocycles. The van der Waals surface area contributed by atoms with E-state index in [0.717, 1.165) is 6.42 Å². The highest BCUT2D eigenvalue weighted by Crippen LogP contribution is 2.39. The Morgan fingerprint density at radius 2 is 1.31 bits per heavy atom. The first kappa shape index (κ1) is 19.1. The smallest absolute Gasteiger partial charge is 0.251 e. The van der Waals surface area contributed by atoms with Crippen molar-refractivity contribution in [3.8, 4) is 0 Å². The van der Waals surface area contributed by atoms with Gasteiger partial charge in [-0.3, -0.25) is 9.59 Å². The standard InChI is InChI=1S/C26H25NO2/c28-25(20-10-5-2-6-11-20)21-14-16-22(17-15-21)26(29)27-18-23-12-7-13-24(23)19-8-3-1-4-9-19/h1-6,8-11,14-17,23-24H,7,12-13,18H2,(H,27,29). The minimum absolute atomic E-state index is 0.0331. The highest BCUT2D eigenvalue weighted by Gasteiger charge is 2.28. The monoisotopic (exact) mass is 383 g/mol. The molecular weight excluding hydrogens is 358 g/mol. The van der Waals surface area contributed by atoms with Gasteiger partial charge in [0.25, 0.3) is 5.91 Å². The average Bonchev–Trinajstić information content (AvgIpc) is 3.27. The molecule has 1 aliphatic carbocycles. The summed E-state index contributed by atoms with van der Waals surface area (Å²) in [5.74, 6) is 0.874. The van der Waals surface area contributed by atoms with Crippen LogP contribution >= 0.6 is 0 Å². The summed E-state index contributed by atoms with van der Waals surface area (Å²) in [6, 6.07) is 26.7. The molecule has 0 heterocycles. The lowest BCUT2D eigenvalue weighted by Crippen LogP contribution is -2.30. The lowest BCUT2D eigenvalue weighted by atomic mass is 9.89. The Labute approximate surface area is 171 Å². The molecular formula is C26H25NO2. The fourth-order valence-electron chi connectivity index (χ4n) is 4.28. The molecule has 1 fully saturated rings. The molecule has 146 valence electrons. The van der Waals surface area contributed by atoms with Crippen LogP contribution in [0.2, 0.25) is 0 Å². The number of hydrogen-bond acceptors (Lipinski definition) is 2. The van der Waals surface area contributed by atoms with E-state index in [2.05, 4.69) is 29.6 Å². The number of benzene rings is 3. The van der Waals surface area contributed by atoms with E-state index in [9.17, 15) is 9.59 Å². The Kier molecular flexibility index (Phi) is 5.85. The van der Waals surface area contributed by atoms with Gasteiger partial charge >= 0.3 is 0 Å². The van der Waals surface area contributed by atoms with E-state index >= 15 is 0 Å². The van der Waals surface area contributed by atoms with E-state index in [1.165, 1.54) is 18.4 Å². The fraction of sp³-hybridized carbons (Fsp3) is 0.231. The van der Waals surface area contributed by atoms with Crippen molar-refractivity contribution in [1.82, 2.24) is 5.32 Å². The maximum atomic E-state index is 12.6. The molecule has 4 rings (SSSR count). The second kappa shape index (κ2) is 8.87. The third-order valence-electron chi connectivity index (χ3n) is 5.86. The van der Waals surface area contributed by atoms with Crippen molar-refractivity contribution in [1.29, 1.82) is 0 Å². The molecule has 3 nitrogen and oxygen atoms in total. The molecule has 3 heteroatoms. The van der Waals surface area contributed by atoms with Crippen molar-refractivity contribution in [3.05, 3.63) is 107 Å². The van der Waals surface area contributed by atoms with E-state index in [1.807, 2.05) is 24.3 Å². The number of hydrogen-bond donors (Lipinski definition) is 1. The second-order valence-electron chi connectivity index (χ2n) is 7.69. The van der Waals surface area contributed by atoms with E-state index in [0.29, 0.717) is 35.1 Å². The third kappa shape index (κ3) is 4.45. The second-order valence-corrected chi connectivity index (χ2v) is 7.69. The normalized spacial score (nSPS) is 18.3. The van der Waals surface area contributed by atoms with Gasteiger partial charge in [0.1, 0.15) is 0 Å². The molecule has 29 heavy (non-hydrogen) atoms. The Morgan fingerprint density at radius 3 is 2.00 bits per heavy atom. The van der Waals surface area contributed by atoms with Crippen LogP contribution in [0, 0.1) is 5.92 Å². The van der Waals surface area contributed by atoms with Crippen molar-refractivity contribution >= 4 is 11.7 Å². The molecule has 3 aromatic rings. The molecule has 3 aromatic carbocycles. The summed E-state index contributed by atoms with van der Waals surface area (Å²) in [7, 11) is 0. The van der Waals surface area contributed by atoms with E-state index < -0.39 is 0 Å². The van der Waals surface area contributed by atoms with E-state index in [-0.39, 0.29) is 11.7 Å². The Bertz CT molecular complexity index is 965. The Morgan fingerprint density at radius 1 is 0.724 bits per heavy atom. The number of amides is 1. The van der Waals surface area contributed by atoms with Crippen LogP contribution in [0.5, 0.6) is 0 Å². The van der Waals surface area contributed by atoms with Crippen LogP contribution in [-0.2, 0) is 0 Å². The summed E-state index contributed by atoms with van der Waals surface area (Å²) in [6.45, 7) is 0.684. The molecule has 1 N–H and O–H groups in total. The predicted molar refractivity (Wildman–Crippen MR) is 115 cm³/mol. The first-order valence-corrected chi connectivity index (χ1v) is 10.3. The van der Waals surface area contributed by atoms with Gasteiger partial charge in [0.05, 0.1) is 0 Å². The van der Waals surface area contributed by atoms with Gasteiger partial charge in [-0.2, -0.15) is 0 Å². The van der Waals surface area contributed by atoms with Gasteiger partial charge in [-0.25, -0.2) is 0 Å². The SMILES string of the molecule is O=C(NCC1CCCC1c1ccccc1)c1ccc(C(=O)c2ccccc2)cc1. The predicted octanol–water partition coefficient (Wildman–Crippen LogP) is 5.23. The zero-order valence-corrected chi connectivity index (χ0v) is 16.4. The quantitative estimate of drug-likeness (QED) is 0.592. The Balaban J connectivity index is 1.37. The van der Waals surface area contributed by atoms with Crippen LogP contribution in [0.25, 0.3) is 0 Å². The number of carbonyl (C=O) groups is 2. The minimum atomic E-state index is -0.0811. The molecule has 0 spiro atoms. The first-order valence-electron chi connectivity index (χ1n) is 10.3. The maximum Gasteiger partial charge on any atom is 0.251 e. The van der Waals surface area contributed by atoms with Gasteiger partial charge in [0.2, 0.25) is 0 Å². The van der Waals surface area contributed by atoms with E-state index in [1.54, 1.807) is 36.4 Å². The zero-order chi connectivity index (χ0) is 20.1. The molecule has 0 radical (unpaired) electrons. The van der Waals surface area contributed by atoms with Crippen LogP contribution in [0.15, 0.2) is 84.9 Å². The summed E-state index contributed by atoms with van der Waals surface area (Å²) in [6.07, 6.45) is 3.53. The van der Waals surface area contributed by atoms with Gasteiger partial charge < -0.3 is 5.32 Å². The van der Waals surface area contributed by atoms with Gasteiger partial charge in [-0.1, -0.05) is 79.2 Å². The van der Waals surface area contributed by atoms with Crippen LogP contribution in [0.4, 0.5) is 0 Å². The van der Waals surface area contributed by atoms with Crippen molar-refractivity contribution in [2.75, 3.05) is 6.54 Å². The summed E-state index contributed by atoms with van der Waals surface area (Å²) < 4.78 is 0. The highest BCUT2D eigenvalue weighted by molar-refractivity contribution is 6.09. The molecule has 1 saturated carbocycles. The maximum absolute atomic E-state index is 12.6. The number of ketones is 1. The molecule has 0 bridgehead atoms. The lowest BCUT2D eigenvalue weighted by molar-refractivity contribution is 0.0945.